The number of hydrogen-bond donors (Lipinski definition) is 1. The Bertz CT molecular complexity index is 541. The van der Waals surface area contributed by atoms with Crippen LogP contribution in [-0.2, 0) is 17.3 Å². The summed E-state index contributed by atoms with van der Waals surface area (Å²) in [5.41, 5.74) is 1.71. The van der Waals surface area contributed by atoms with Crippen LogP contribution in [0.2, 0.25) is 0 Å². The second-order valence-electron chi connectivity index (χ2n) is 5.47. The fourth-order valence-corrected chi connectivity index (χ4v) is 3.70. The maximum Gasteiger partial charge on any atom is 0.272 e. The van der Waals surface area contributed by atoms with E-state index in [4.69, 9.17) is 0 Å². The van der Waals surface area contributed by atoms with Gasteiger partial charge < -0.3 is 5.32 Å². The molecule has 1 atom stereocenters. The van der Waals surface area contributed by atoms with Gasteiger partial charge >= 0.3 is 0 Å². The molecular weight excluding hydrogens is 276 g/mol. The Hall–Kier alpha value is -1.27. The van der Waals surface area contributed by atoms with Gasteiger partial charge in [-0.2, -0.15) is 0 Å². The highest BCUT2D eigenvalue weighted by molar-refractivity contribution is 7.85. The Morgan fingerprint density at radius 3 is 2.65 bits per heavy atom. The Labute approximate surface area is 121 Å². The van der Waals surface area contributed by atoms with Crippen LogP contribution in [0.15, 0.2) is 18.2 Å². The molecule has 1 aliphatic carbocycles. The predicted octanol–water partition coefficient (Wildman–Crippen LogP) is 2.29. The van der Waals surface area contributed by atoms with Crippen LogP contribution in [0.25, 0.3) is 0 Å². The quantitative estimate of drug-likeness (QED) is 0.646. The molecule has 5 nitrogen and oxygen atoms in total. The average Bonchev–Trinajstić information content (AvgIpc) is 2.33. The lowest BCUT2D eigenvalue weighted by molar-refractivity contribution is -0.385. The molecule has 1 aliphatic rings. The molecule has 1 aromatic carbocycles. The summed E-state index contributed by atoms with van der Waals surface area (Å²) < 4.78 is 11.7. The minimum atomic E-state index is -0.826. The summed E-state index contributed by atoms with van der Waals surface area (Å²) in [4.78, 5) is 10.5. The number of nitrogens with zero attached hydrogens (tertiary/aromatic N) is 1. The van der Waals surface area contributed by atoms with Crippen LogP contribution < -0.4 is 5.32 Å². The van der Waals surface area contributed by atoms with E-state index in [1.54, 1.807) is 25.3 Å². The largest absolute Gasteiger partial charge is 0.311 e. The summed E-state index contributed by atoms with van der Waals surface area (Å²) in [6, 6.07) is 5.27. The molecule has 1 aromatic rings. The Balaban J connectivity index is 1.96. The average molecular weight is 296 g/mol. The fraction of sp³-hybridized carbons (Fsp3) is 0.571. The van der Waals surface area contributed by atoms with Crippen molar-refractivity contribution in [1.29, 1.82) is 0 Å². The summed E-state index contributed by atoms with van der Waals surface area (Å²) in [6.07, 6.45) is 4.89. The Kier molecular flexibility index (Phi) is 4.55. The first-order valence-corrected chi connectivity index (χ1v) is 8.29. The molecule has 110 valence electrons. The second-order valence-corrected chi connectivity index (χ2v) is 7.25. The van der Waals surface area contributed by atoms with E-state index >= 15 is 0 Å². The van der Waals surface area contributed by atoms with Gasteiger partial charge in [-0.1, -0.05) is 18.6 Å². The van der Waals surface area contributed by atoms with Gasteiger partial charge in [-0.15, -0.1) is 0 Å². The monoisotopic (exact) mass is 296 g/mol. The number of hydrogen-bond acceptors (Lipinski definition) is 4. The van der Waals surface area contributed by atoms with Crippen LogP contribution in [0.5, 0.6) is 0 Å². The van der Waals surface area contributed by atoms with E-state index in [9.17, 15) is 14.3 Å². The van der Waals surface area contributed by atoms with Gasteiger partial charge in [0.2, 0.25) is 0 Å². The predicted molar refractivity (Wildman–Crippen MR) is 80.2 cm³/mol. The van der Waals surface area contributed by atoms with Crippen molar-refractivity contribution in [2.24, 2.45) is 0 Å². The molecule has 0 unspecified atom stereocenters. The molecule has 1 saturated carbocycles. The summed E-state index contributed by atoms with van der Waals surface area (Å²) in [6.45, 7) is 3.01. The molecule has 0 saturated heterocycles. The van der Waals surface area contributed by atoms with Gasteiger partial charge in [0.1, 0.15) is 0 Å². The van der Waals surface area contributed by atoms with E-state index in [0.29, 0.717) is 18.7 Å². The molecule has 1 N–H and O–H groups in total. The van der Waals surface area contributed by atoms with Crippen LogP contribution in [0.1, 0.15) is 30.4 Å². The SMILES string of the molecule is Cc1ccc(CNCC2([S@](C)=O)CCC2)cc1[N+](=O)[O-]. The number of rotatable bonds is 6. The first-order chi connectivity index (χ1) is 9.44. The van der Waals surface area contributed by atoms with Gasteiger partial charge in [-0.05, 0) is 25.3 Å². The third kappa shape index (κ3) is 3.07. The summed E-state index contributed by atoms with van der Waals surface area (Å²) in [5.74, 6) is 0. The normalized spacial score (nSPS) is 18.3. The van der Waals surface area contributed by atoms with Crippen molar-refractivity contribution in [3.63, 3.8) is 0 Å². The molecule has 20 heavy (non-hydrogen) atoms. The number of nitrogens with one attached hydrogen (secondary N) is 1. The zero-order valence-corrected chi connectivity index (χ0v) is 12.7. The van der Waals surface area contributed by atoms with Crippen molar-refractivity contribution < 1.29 is 9.13 Å². The van der Waals surface area contributed by atoms with Crippen molar-refractivity contribution in [2.45, 2.75) is 37.5 Å². The standard InChI is InChI=1S/C14H20N2O3S/c1-11-4-5-12(8-13(11)16(17)18)9-15-10-14(20(2)19)6-3-7-14/h4-5,8,15H,3,6-7,9-10H2,1-2H3/t20-/m0/s1. The highest BCUT2D eigenvalue weighted by Crippen LogP contribution is 2.36. The minimum Gasteiger partial charge on any atom is -0.311 e. The van der Waals surface area contributed by atoms with E-state index in [1.165, 1.54) is 0 Å². The number of nitro groups is 1. The van der Waals surface area contributed by atoms with Crippen molar-refractivity contribution in [2.75, 3.05) is 12.8 Å². The molecular formula is C14H20N2O3S. The third-order valence-corrected chi connectivity index (χ3v) is 5.89. The topological polar surface area (TPSA) is 72.2 Å². The number of nitro benzene ring substituents is 1. The van der Waals surface area contributed by atoms with Crippen LogP contribution in [0, 0.1) is 17.0 Å². The second kappa shape index (κ2) is 6.01. The first-order valence-electron chi connectivity index (χ1n) is 6.73. The Morgan fingerprint density at radius 1 is 1.45 bits per heavy atom. The minimum absolute atomic E-state index is 0.0867. The van der Waals surface area contributed by atoms with Crippen LogP contribution in [0.3, 0.4) is 0 Å². The van der Waals surface area contributed by atoms with Gasteiger partial charge in [-0.25, -0.2) is 0 Å². The third-order valence-electron chi connectivity index (χ3n) is 4.12. The molecule has 6 heteroatoms. The molecule has 2 rings (SSSR count). The highest BCUT2D eigenvalue weighted by atomic mass is 32.2. The lowest BCUT2D eigenvalue weighted by Crippen LogP contribution is -2.49. The number of aryl methyl sites for hydroxylation is 1. The van der Waals surface area contributed by atoms with E-state index in [0.717, 1.165) is 24.8 Å². The Morgan fingerprint density at radius 2 is 2.15 bits per heavy atom. The molecule has 0 aliphatic heterocycles. The molecule has 0 spiro atoms. The van der Waals surface area contributed by atoms with E-state index < -0.39 is 10.8 Å². The molecule has 0 aromatic heterocycles. The lowest BCUT2D eigenvalue weighted by atomic mass is 9.84. The van der Waals surface area contributed by atoms with Crippen molar-refractivity contribution in [1.82, 2.24) is 5.32 Å². The van der Waals surface area contributed by atoms with Crippen LogP contribution in [0.4, 0.5) is 5.69 Å². The van der Waals surface area contributed by atoms with Crippen LogP contribution in [-0.4, -0.2) is 26.7 Å². The molecule has 1 fully saturated rings. The lowest BCUT2D eigenvalue weighted by Gasteiger charge is -2.40. The highest BCUT2D eigenvalue weighted by Gasteiger charge is 2.40. The summed E-state index contributed by atoms with van der Waals surface area (Å²) in [5, 5.41) is 14.2. The van der Waals surface area contributed by atoms with E-state index in [-0.39, 0.29) is 15.4 Å². The van der Waals surface area contributed by atoms with E-state index in [1.807, 2.05) is 6.07 Å². The van der Waals surface area contributed by atoms with Gasteiger partial charge in [0.15, 0.2) is 0 Å². The van der Waals surface area contributed by atoms with Crippen molar-refractivity contribution >= 4 is 16.5 Å². The smallest absolute Gasteiger partial charge is 0.272 e. The van der Waals surface area contributed by atoms with Crippen molar-refractivity contribution in [3.8, 4) is 0 Å². The number of benzene rings is 1. The zero-order chi connectivity index (χ0) is 14.8. The molecule has 0 heterocycles. The van der Waals surface area contributed by atoms with Crippen molar-refractivity contribution in [3.05, 3.63) is 39.4 Å². The fourth-order valence-electron chi connectivity index (χ4n) is 2.53. The van der Waals surface area contributed by atoms with Crippen LogP contribution >= 0.6 is 0 Å². The maximum atomic E-state index is 11.8. The molecule has 0 bridgehead atoms. The van der Waals surface area contributed by atoms with Gasteiger partial charge in [0.05, 0.1) is 9.67 Å². The maximum absolute atomic E-state index is 11.8. The summed E-state index contributed by atoms with van der Waals surface area (Å²) >= 11 is 0. The van der Waals surface area contributed by atoms with Gasteiger partial charge in [-0.3, -0.25) is 14.3 Å². The zero-order valence-electron chi connectivity index (χ0n) is 11.8. The first kappa shape index (κ1) is 15.1. The summed E-state index contributed by atoms with van der Waals surface area (Å²) in [7, 11) is -0.826. The molecule has 0 radical (unpaired) electrons. The van der Waals surface area contributed by atoms with Gasteiger partial charge in [0.25, 0.3) is 5.69 Å². The molecule has 0 amide bonds. The van der Waals surface area contributed by atoms with E-state index in [2.05, 4.69) is 5.32 Å². The van der Waals surface area contributed by atoms with Gasteiger partial charge in [0, 0.05) is 41.8 Å².